The van der Waals surface area contributed by atoms with Crippen LogP contribution in [0.25, 0.3) is 0 Å². The second-order valence-electron chi connectivity index (χ2n) is 4.90. The van der Waals surface area contributed by atoms with Crippen molar-refractivity contribution in [2.24, 2.45) is 0 Å². The van der Waals surface area contributed by atoms with Crippen molar-refractivity contribution < 1.29 is 23.1 Å². The number of rotatable bonds is 3. The van der Waals surface area contributed by atoms with Gasteiger partial charge in [-0.1, -0.05) is 6.07 Å². The van der Waals surface area contributed by atoms with E-state index in [9.17, 15) is 23.1 Å². The SMILES string of the molecule is Cc1ccc(F)c(NC(=O)C(F)(F)C2(O)CCC2)c1. The molecule has 1 aliphatic carbocycles. The lowest BCUT2D eigenvalue weighted by Crippen LogP contribution is -2.59. The molecule has 0 aromatic heterocycles. The van der Waals surface area contributed by atoms with Crippen LogP contribution in [0, 0.1) is 12.7 Å². The zero-order valence-corrected chi connectivity index (χ0v) is 10.3. The Kier molecular flexibility index (Phi) is 3.30. The van der Waals surface area contributed by atoms with E-state index >= 15 is 0 Å². The molecule has 2 rings (SSSR count). The van der Waals surface area contributed by atoms with Crippen LogP contribution in [0.5, 0.6) is 0 Å². The van der Waals surface area contributed by atoms with E-state index < -0.39 is 23.2 Å². The van der Waals surface area contributed by atoms with Gasteiger partial charge in [-0.2, -0.15) is 8.78 Å². The summed E-state index contributed by atoms with van der Waals surface area (Å²) in [7, 11) is 0. The topological polar surface area (TPSA) is 49.3 Å². The van der Waals surface area contributed by atoms with Gasteiger partial charge in [0.1, 0.15) is 11.4 Å². The molecule has 19 heavy (non-hydrogen) atoms. The normalized spacial score (nSPS) is 17.7. The number of nitrogens with one attached hydrogen (secondary N) is 1. The van der Waals surface area contributed by atoms with Gasteiger partial charge < -0.3 is 10.4 Å². The molecule has 0 aliphatic heterocycles. The molecule has 1 aliphatic rings. The number of carbonyl (C=O) groups excluding carboxylic acids is 1. The average Bonchev–Trinajstić information content (AvgIpc) is 2.30. The number of aryl methyl sites for hydroxylation is 1. The Morgan fingerprint density at radius 1 is 1.42 bits per heavy atom. The molecule has 1 aromatic carbocycles. The highest BCUT2D eigenvalue weighted by Gasteiger charge is 2.61. The van der Waals surface area contributed by atoms with Crippen LogP contribution in [0.2, 0.25) is 0 Å². The Morgan fingerprint density at radius 2 is 2.05 bits per heavy atom. The number of halogens is 3. The molecule has 0 bridgehead atoms. The molecule has 1 fully saturated rings. The van der Waals surface area contributed by atoms with Crippen molar-refractivity contribution in [3.8, 4) is 0 Å². The Morgan fingerprint density at radius 3 is 2.58 bits per heavy atom. The molecule has 0 spiro atoms. The van der Waals surface area contributed by atoms with Crippen molar-refractivity contribution in [3.05, 3.63) is 29.6 Å². The summed E-state index contributed by atoms with van der Waals surface area (Å²) in [5, 5.41) is 11.4. The van der Waals surface area contributed by atoms with Crippen LogP contribution in [0.1, 0.15) is 24.8 Å². The van der Waals surface area contributed by atoms with Crippen LogP contribution in [-0.2, 0) is 4.79 Å². The van der Waals surface area contributed by atoms with Crippen molar-refractivity contribution in [2.75, 3.05) is 5.32 Å². The predicted molar refractivity (Wildman–Crippen MR) is 63.5 cm³/mol. The van der Waals surface area contributed by atoms with Gasteiger partial charge in [0.15, 0.2) is 0 Å². The number of anilines is 1. The lowest BCUT2D eigenvalue weighted by Gasteiger charge is -2.41. The Bertz CT molecular complexity index is 513. The van der Waals surface area contributed by atoms with Gasteiger partial charge in [-0.15, -0.1) is 0 Å². The molecule has 1 saturated carbocycles. The second kappa shape index (κ2) is 4.52. The minimum absolute atomic E-state index is 0.135. The summed E-state index contributed by atoms with van der Waals surface area (Å²) in [5.41, 5.74) is -1.99. The van der Waals surface area contributed by atoms with E-state index in [1.807, 2.05) is 5.32 Å². The molecule has 0 heterocycles. The smallest absolute Gasteiger partial charge is 0.352 e. The van der Waals surface area contributed by atoms with Crippen molar-refractivity contribution in [3.63, 3.8) is 0 Å². The lowest BCUT2D eigenvalue weighted by atomic mass is 9.75. The molecule has 104 valence electrons. The summed E-state index contributed by atoms with van der Waals surface area (Å²) in [4.78, 5) is 11.5. The third-order valence-electron chi connectivity index (χ3n) is 3.42. The lowest BCUT2D eigenvalue weighted by molar-refractivity contribution is -0.212. The maximum Gasteiger partial charge on any atom is 0.352 e. The zero-order chi connectivity index (χ0) is 14.3. The predicted octanol–water partition coefficient (Wildman–Crippen LogP) is 2.62. The van der Waals surface area contributed by atoms with E-state index in [2.05, 4.69) is 0 Å². The standard InChI is InChI=1S/C13H14F3NO2/c1-8-3-4-9(14)10(7-8)17-11(18)13(15,16)12(19)5-2-6-12/h3-4,7,19H,2,5-6H2,1H3,(H,17,18). The number of carbonyl (C=O) groups is 1. The first kappa shape index (κ1) is 13.9. The summed E-state index contributed by atoms with van der Waals surface area (Å²) in [6, 6.07) is 3.80. The summed E-state index contributed by atoms with van der Waals surface area (Å²) < 4.78 is 40.9. The van der Waals surface area contributed by atoms with Gasteiger partial charge in [-0.05, 0) is 43.9 Å². The summed E-state index contributed by atoms with van der Waals surface area (Å²) in [6.07, 6.45) is 0.172. The number of alkyl halides is 2. The van der Waals surface area contributed by atoms with Crippen LogP contribution >= 0.6 is 0 Å². The van der Waals surface area contributed by atoms with E-state index in [0.29, 0.717) is 12.0 Å². The highest BCUT2D eigenvalue weighted by atomic mass is 19.3. The molecule has 0 saturated heterocycles. The number of aliphatic hydroxyl groups is 1. The van der Waals surface area contributed by atoms with E-state index in [-0.39, 0.29) is 18.5 Å². The number of hydrogen-bond acceptors (Lipinski definition) is 2. The average molecular weight is 273 g/mol. The number of hydrogen-bond donors (Lipinski definition) is 2. The molecule has 6 heteroatoms. The number of amides is 1. The molecule has 0 unspecified atom stereocenters. The molecule has 3 nitrogen and oxygen atoms in total. The molecular weight excluding hydrogens is 259 g/mol. The fraction of sp³-hybridized carbons (Fsp3) is 0.462. The second-order valence-corrected chi connectivity index (χ2v) is 4.90. The highest BCUT2D eigenvalue weighted by molar-refractivity contribution is 5.97. The van der Waals surface area contributed by atoms with Crippen LogP contribution in [0.4, 0.5) is 18.9 Å². The largest absolute Gasteiger partial charge is 0.383 e. The number of benzene rings is 1. The quantitative estimate of drug-likeness (QED) is 0.889. The monoisotopic (exact) mass is 273 g/mol. The highest BCUT2D eigenvalue weighted by Crippen LogP contribution is 2.44. The van der Waals surface area contributed by atoms with E-state index in [1.165, 1.54) is 12.1 Å². The third kappa shape index (κ3) is 2.32. The molecule has 0 radical (unpaired) electrons. The maximum absolute atomic E-state index is 13.8. The van der Waals surface area contributed by atoms with Crippen LogP contribution in [0.15, 0.2) is 18.2 Å². The first-order valence-electron chi connectivity index (χ1n) is 5.94. The summed E-state index contributed by atoms with van der Waals surface area (Å²) in [5.74, 6) is -6.41. The molecule has 2 N–H and O–H groups in total. The van der Waals surface area contributed by atoms with Crippen molar-refractivity contribution in [2.45, 2.75) is 37.7 Å². The zero-order valence-electron chi connectivity index (χ0n) is 10.3. The van der Waals surface area contributed by atoms with Crippen LogP contribution in [-0.4, -0.2) is 22.5 Å². The summed E-state index contributed by atoms with van der Waals surface area (Å²) >= 11 is 0. The van der Waals surface area contributed by atoms with Gasteiger partial charge in [0.05, 0.1) is 5.69 Å². The molecular formula is C13H14F3NO2. The van der Waals surface area contributed by atoms with Gasteiger partial charge in [-0.3, -0.25) is 4.79 Å². The molecule has 1 aromatic rings. The van der Waals surface area contributed by atoms with Gasteiger partial charge >= 0.3 is 5.92 Å². The Balaban J connectivity index is 2.19. The van der Waals surface area contributed by atoms with Crippen molar-refractivity contribution in [1.82, 2.24) is 0 Å². The minimum Gasteiger partial charge on any atom is -0.383 e. The first-order valence-corrected chi connectivity index (χ1v) is 5.94. The Hall–Kier alpha value is -1.56. The van der Waals surface area contributed by atoms with Crippen molar-refractivity contribution >= 4 is 11.6 Å². The summed E-state index contributed by atoms with van der Waals surface area (Å²) in [6.45, 7) is 1.65. The molecule has 0 atom stereocenters. The van der Waals surface area contributed by atoms with Gasteiger partial charge in [0, 0.05) is 0 Å². The minimum atomic E-state index is -3.93. The van der Waals surface area contributed by atoms with E-state index in [0.717, 1.165) is 6.07 Å². The van der Waals surface area contributed by atoms with Crippen LogP contribution in [0.3, 0.4) is 0 Å². The maximum atomic E-state index is 13.8. The van der Waals surface area contributed by atoms with E-state index in [1.54, 1.807) is 6.92 Å². The van der Waals surface area contributed by atoms with Crippen molar-refractivity contribution in [1.29, 1.82) is 0 Å². The molecule has 1 amide bonds. The van der Waals surface area contributed by atoms with Gasteiger partial charge in [-0.25, -0.2) is 4.39 Å². The third-order valence-corrected chi connectivity index (χ3v) is 3.42. The first-order chi connectivity index (χ1) is 8.76. The fourth-order valence-corrected chi connectivity index (χ4v) is 1.97. The Labute approximate surface area is 108 Å². The van der Waals surface area contributed by atoms with E-state index in [4.69, 9.17) is 0 Å². The van der Waals surface area contributed by atoms with Gasteiger partial charge in [0.25, 0.3) is 5.91 Å². The van der Waals surface area contributed by atoms with Gasteiger partial charge in [0.2, 0.25) is 0 Å². The van der Waals surface area contributed by atoms with Crippen LogP contribution < -0.4 is 5.32 Å². The fourth-order valence-electron chi connectivity index (χ4n) is 1.97.